The summed E-state index contributed by atoms with van der Waals surface area (Å²) in [7, 11) is 3.95. The highest BCUT2D eigenvalue weighted by molar-refractivity contribution is 5.93. The van der Waals surface area contributed by atoms with E-state index in [1.165, 1.54) is 0 Å². The summed E-state index contributed by atoms with van der Waals surface area (Å²) in [6.07, 6.45) is 1.23. The topological polar surface area (TPSA) is 61.9 Å². The molecule has 0 aromatic heterocycles. The number of hydrogen-bond donors (Lipinski definition) is 1. The van der Waals surface area contributed by atoms with Crippen LogP contribution in [0.4, 0.5) is 16.2 Å². The number of carbonyl (C=O) groups excluding carboxylic acids is 2. The number of likely N-dealkylation sites (tertiary alicyclic amines) is 1. The lowest BCUT2D eigenvalue weighted by atomic mass is 9.97. The number of piperidine rings is 1. The van der Waals surface area contributed by atoms with Crippen LogP contribution in [0, 0.1) is 5.92 Å². The number of amides is 2. The lowest BCUT2D eigenvalue weighted by molar-refractivity contribution is -0.121. The van der Waals surface area contributed by atoms with Gasteiger partial charge in [0.2, 0.25) is 5.91 Å². The second-order valence-electron chi connectivity index (χ2n) is 7.70. The molecule has 1 aromatic carbocycles. The van der Waals surface area contributed by atoms with Crippen LogP contribution in [-0.4, -0.2) is 49.7 Å². The molecule has 25 heavy (non-hydrogen) atoms. The van der Waals surface area contributed by atoms with E-state index in [1.54, 1.807) is 4.90 Å². The van der Waals surface area contributed by atoms with Crippen molar-refractivity contribution in [1.29, 1.82) is 0 Å². The van der Waals surface area contributed by atoms with Crippen molar-refractivity contribution in [3.05, 3.63) is 24.3 Å². The fourth-order valence-corrected chi connectivity index (χ4v) is 2.77. The minimum absolute atomic E-state index is 0.0501. The van der Waals surface area contributed by atoms with E-state index in [2.05, 4.69) is 5.32 Å². The van der Waals surface area contributed by atoms with Gasteiger partial charge in [0.25, 0.3) is 0 Å². The van der Waals surface area contributed by atoms with Gasteiger partial charge in [-0.1, -0.05) is 0 Å². The summed E-state index contributed by atoms with van der Waals surface area (Å²) in [5, 5.41) is 2.95. The van der Waals surface area contributed by atoms with E-state index in [1.807, 2.05) is 64.0 Å². The first-order valence-electron chi connectivity index (χ1n) is 8.72. The Morgan fingerprint density at radius 1 is 1.20 bits per heavy atom. The molecule has 6 heteroatoms. The molecule has 138 valence electrons. The van der Waals surface area contributed by atoms with Crippen molar-refractivity contribution in [3.8, 4) is 0 Å². The standard InChI is InChI=1S/C19H29N3O3/c1-19(2,3)25-18(24)22-12-6-7-14(13-22)17(23)20-15-8-10-16(11-9-15)21(4)5/h8-11,14H,6-7,12-13H2,1-5H3,(H,20,23). The molecule has 1 heterocycles. The molecular weight excluding hydrogens is 318 g/mol. The van der Waals surface area contributed by atoms with Crippen LogP contribution in [0.3, 0.4) is 0 Å². The van der Waals surface area contributed by atoms with Gasteiger partial charge >= 0.3 is 6.09 Å². The van der Waals surface area contributed by atoms with Crippen molar-refractivity contribution in [2.45, 2.75) is 39.2 Å². The van der Waals surface area contributed by atoms with Gasteiger partial charge in [-0.05, 0) is 57.9 Å². The average Bonchev–Trinajstić information content (AvgIpc) is 2.54. The van der Waals surface area contributed by atoms with E-state index < -0.39 is 5.60 Å². The van der Waals surface area contributed by atoms with Gasteiger partial charge in [-0.15, -0.1) is 0 Å². The quantitative estimate of drug-likeness (QED) is 0.911. The smallest absolute Gasteiger partial charge is 0.410 e. The summed E-state index contributed by atoms with van der Waals surface area (Å²) in [6, 6.07) is 7.70. The van der Waals surface area contributed by atoms with Gasteiger partial charge in [-0.2, -0.15) is 0 Å². The summed E-state index contributed by atoms with van der Waals surface area (Å²) >= 11 is 0. The summed E-state index contributed by atoms with van der Waals surface area (Å²) in [5.41, 5.74) is 1.32. The SMILES string of the molecule is CN(C)c1ccc(NC(=O)C2CCCN(C(=O)OC(C)(C)C)C2)cc1. The number of nitrogens with one attached hydrogen (secondary N) is 1. The van der Waals surface area contributed by atoms with Crippen molar-refractivity contribution < 1.29 is 14.3 Å². The third-order valence-electron chi connectivity index (χ3n) is 4.10. The molecule has 1 saturated heterocycles. The molecule has 1 atom stereocenters. The number of carbonyl (C=O) groups is 2. The maximum atomic E-state index is 12.5. The van der Waals surface area contributed by atoms with Crippen LogP contribution in [0.25, 0.3) is 0 Å². The van der Waals surface area contributed by atoms with Crippen molar-refractivity contribution in [1.82, 2.24) is 4.90 Å². The Labute approximate surface area is 150 Å². The van der Waals surface area contributed by atoms with E-state index in [0.29, 0.717) is 13.1 Å². The zero-order chi connectivity index (χ0) is 18.6. The average molecular weight is 347 g/mol. The first-order valence-corrected chi connectivity index (χ1v) is 8.72. The third kappa shape index (κ3) is 5.66. The molecule has 2 rings (SSSR count). The third-order valence-corrected chi connectivity index (χ3v) is 4.10. The highest BCUT2D eigenvalue weighted by Crippen LogP contribution is 2.22. The van der Waals surface area contributed by atoms with Crippen LogP contribution in [-0.2, 0) is 9.53 Å². The molecule has 1 aliphatic heterocycles. The Morgan fingerprint density at radius 3 is 2.40 bits per heavy atom. The Hall–Kier alpha value is -2.24. The van der Waals surface area contributed by atoms with Crippen molar-refractivity contribution in [2.75, 3.05) is 37.4 Å². The normalized spacial score (nSPS) is 17.8. The summed E-state index contributed by atoms with van der Waals surface area (Å²) < 4.78 is 5.41. The monoisotopic (exact) mass is 347 g/mol. The molecule has 2 amide bonds. The predicted octanol–water partition coefficient (Wildman–Crippen LogP) is 3.34. The van der Waals surface area contributed by atoms with Crippen molar-refractivity contribution in [3.63, 3.8) is 0 Å². The Bertz CT molecular complexity index is 605. The van der Waals surface area contributed by atoms with Gasteiger partial charge in [0.05, 0.1) is 5.92 Å². The zero-order valence-corrected chi connectivity index (χ0v) is 15.8. The van der Waals surface area contributed by atoms with Gasteiger partial charge in [0, 0.05) is 38.6 Å². The Kier molecular flexibility index (Phi) is 5.93. The van der Waals surface area contributed by atoms with Crippen molar-refractivity contribution >= 4 is 23.4 Å². The van der Waals surface area contributed by atoms with Gasteiger partial charge < -0.3 is 19.9 Å². The van der Waals surface area contributed by atoms with E-state index in [0.717, 1.165) is 24.2 Å². The van der Waals surface area contributed by atoms with Crippen LogP contribution >= 0.6 is 0 Å². The molecule has 0 bridgehead atoms. The van der Waals surface area contributed by atoms with Crippen LogP contribution in [0.2, 0.25) is 0 Å². The van der Waals surface area contributed by atoms with Gasteiger partial charge in [-0.3, -0.25) is 4.79 Å². The second kappa shape index (κ2) is 7.76. The fourth-order valence-electron chi connectivity index (χ4n) is 2.77. The molecule has 1 aromatic rings. The van der Waals surface area contributed by atoms with Crippen LogP contribution in [0.1, 0.15) is 33.6 Å². The van der Waals surface area contributed by atoms with Gasteiger partial charge in [-0.25, -0.2) is 4.79 Å². The molecule has 0 spiro atoms. The van der Waals surface area contributed by atoms with E-state index >= 15 is 0 Å². The molecule has 1 fully saturated rings. The minimum atomic E-state index is -0.527. The number of ether oxygens (including phenoxy) is 1. The Balaban J connectivity index is 1.94. The number of benzene rings is 1. The molecule has 1 N–H and O–H groups in total. The highest BCUT2D eigenvalue weighted by Gasteiger charge is 2.31. The van der Waals surface area contributed by atoms with E-state index in [-0.39, 0.29) is 17.9 Å². The van der Waals surface area contributed by atoms with Crippen LogP contribution in [0.5, 0.6) is 0 Å². The Morgan fingerprint density at radius 2 is 1.84 bits per heavy atom. The molecule has 6 nitrogen and oxygen atoms in total. The minimum Gasteiger partial charge on any atom is -0.444 e. The van der Waals surface area contributed by atoms with Gasteiger partial charge in [0.15, 0.2) is 0 Å². The summed E-state index contributed by atoms with van der Waals surface area (Å²) in [4.78, 5) is 28.4. The first kappa shape index (κ1) is 19.1. The summed E-state index contributed by atoms with van der Waals surface area (Å²) in [6.45, 7) is 6.57. The van der Waals surface area contributed by atoms with E-state index in [4.69, 9.17) is 4.74 Å². The second-order valence-corrected chi connectivity index (χ2v) is 7.70. The lowest BCUT2D eigenvalue weighted by Gasteiger charge is -2.33. The number of rotatable bonds is 3. The molecule has 1 unspecified atom stereocenters. The van der Waals surface area contributed by atoms with Gasteiger partial charge in [0.1, 0.15) is 5.60 Å². The number of nitrogens with zero attached hydrogens (tertiary/aromatic N) is 2. The number of hydrogen-bond acceptors (Lipinski definition) is 4. The van der Waals surface area contributed by atoms with Crippen molar-refractivity contribution in [2.24, 2.45) is 5.92 Å². The lowest BCUT2D eigenvalue weighted by Crippen LogP contribution is -2.45. The highest BCUT2D eigenvalue weighted by atomic mass is 16.6. The largest absolute Gasteiger partial charge is 0.444 e. The molecule has 0 radical (unpaired) electrons. The molecule has 1 aliphatic rings. The molecule has 0 saturated carbocycles. The predicted molar refractivity (Wildman–Crippen MR) is 99.9 cm³/mol. The van der Waals surface area contributed by atoms with Crippen LogP contribution < -0.4 is 10.2 Å². The van der Waals surface area contributed by atoms with Crippen LogP contribution in [0.15, 0.2) is 24.3 Å². The fraction of sp³-hybridized carbons (Fsp3) is 0.579. The zero-order valence-electron chi connectivity index (χ0n) is 15.8. The molecule has 0 aliphatic carbocycles. The summed E-state index contributed by atoms with van der Waals surface area (Å²) in [5.74, 6) is -0.263. The first-order chi connectivity index (χ1) is 11.7. The maximum Gasteiger partial charge on any atom is 0.410 e. The molecular formula is C19H29N3O3. The van der Waals surface area contributed by atoms with E-state index in [9.17, 15) is 9.59 Å². The number of anilines is 2. The maximum absolute atomic E-state index is 12.5.